The molecule has 2 aromatic rings. The van der Waals surface area contributed by atoms with Crippen molar-refractivity contribution < 1.29 is 4.74 Å². The number of ether oxygens (including phenoxy) is 1. The third-order valence-electron chi connectivity index (χ3n) is 2.00. The minimum atomic E-state index is 0.451. The van der Waals surface area contributed by atoms with Crippen molar-refractivity contribution in [3.63, 3.8) is 0 Å². The Hall–Kier alpha value is -1.61. The van der Waals surface area contributed by atoms with Gasteiger partial charge in [0, 0.05) is 23.8 Å². The van der Waals surface area contributed by atoms with Gasteiger partial charge in [0.2, 0.25) is 5.88 Å². The van der Waals surface area contributed by atoms with Crippen LogP contribution < -0.4 is 4.74 Å². The van der Waals surface area contributed by atoms with Crippen LogP contribution in [0.25, 0.3) is 0 Å². The van der Waals surface area contributed by atoms with E-state index in [1.807, 2.05) is 31.2 Å². The smallest absolute Gasteiger partial charge is 0.219 e. The molecule has 0 radical (unpaired) electrons. The van der Waals surface area contributed by atoms with Gasteiger partial charge in [0.1, 0.15) is 5.75 Å². The lowest BCUT2D eigenvalue weighted by atomic mass is 10.2. The molecule has 0 atom stereocenters. The maximum absolute atomic E-state index is 5.78. The first-order valence-corrected chi connectivity index (χ1v) is 5.43. The highest BCUT2D eigenvalue weighted by molar-refractivity contribution is 6.17. The number of nitrogens with zero attached hydrogens (tertiary/aromatic N) is 2. The van der Waals surface area contributed by atoms with E-state index in [1.165, 1.54) is 0 Å². The van der Waals surface area contributed by atoms with Crippen LogP contribution in [0.1, 0.15) is 11.3 Å². The number of aromatic nitrogens is 2. The summed E-state index contributed by atoms with van der Waals surface area (Å²) in [6.45, 7) is 1.91. The summed E-state index contributed by atoms with van der Waals surface area (Å²) < 4.78 is 5.57. The second kappa shape index (κ2) is 4.94. The molecule has 0 saturated heterocycles. The molecule has 2 heterocycles. The highest BCUT2D eigenvalue weighted by atomic mass is 35.5. The molecular formula is C12H11ClN2O. The standard InChI is InChI=1S/C12H11ClN2O/c1-9-5-10(7-13)6-12(15-9)16-11-3-2-4-14-8-11/h2-6,8H,7H2,1H3. The van der Waals surface area contributed by atoms with Crippen LogP contribution in [0.4, 0.5) is 0 Å². The van der Waals surface area contributed by atoms with E-state index in [9.17, 15) is 0 Å². The second-order valence-corrected chi connectivity index (χ2v) is 3.65. The first kappa shape index (κ1) is 10.9. The van der Waals surface area contributed by atoms with Crippen LogP contribution in [-0.2, 0) is 5.88 Å². The van der Waals surface area contributed by atoms with Gasteiger partial charge in [-0.25, -0.2) is 4.98 Å². The summed E-state index contributed by atoms with van der Waals surface area (Å²) in [5.41, 5.74) is 1.88. The van der Waals surface area contributed by atoms with Crippen LogP contribution in [0, 0.1) is 6.92 Å². The molecule has 0 fully saturated rings. The summed E-state index contributed by atoms with van der Waals surface area (Å²) in [5, 5.41) is 0. The van der Waals surface area contributed by atoms with Crippen molar-refractivity contribution in [2.75, 3.05) is 0 Å². The van der Waals surface area contributed by atoms with E-state index in [2.05, 4.69) is 9.97 Å². The van der Waals surface area contributed by atoms with Crippen molar-refractivity contribution in [1.82, 2.24) is 9.97 Å². The summed E-state index contributed by atoms with van der Waals surface area (Å²) >= 11 is 5.78. The zero-order valence-electron chi connectivity index (χ0n) is 8.85. The van der Waals surface area contributed by atoms with E-state index >= 15 is 0 Å². The van der Waals surface area contributed by atoms with Crippen molar-refractivity contribution in [2.45, 2.75) is 12.8 Å². The van der Waals surface area contributed by atoms with Crippen LogP contribution in [-0.4, -0.2) is 9.97 Å². The third kappa shape index (κ3) is 2.70. The Bertz CT molecular complexity index is 474. The van der Waals surface area contributed by atoms with Gasteiger partial charge in [-0.15, -0.1) is 11.6 Å². The summed E-state index contributed by atoms with van der Waals surface area (Å²) in [4.78, 5) is 8.24. The van der Waals surface area contributed by atoms with E-state index in [0.717, 1.165) is 11.3 Å². The fourth-order valence-electron chi connectivity index (χ4n) is 1.36. The zero-order valence-corrected chi connectivity index (χ0v) is 9.61. The van der Waals surface area contributed by atoms with Crippen molar-refractivity contribution in [3.05, 3.63) is 47.9 Å². The highest BCUT2D eigenvalue weighted by Crippen LogP contribution is 2.20. The lowest BCUT2D eigenvalue weighted by molar-refractivity contribution is 0.459. The number of halogens is 1. The fraction of sp³-hybridized carbons (Fsp3) is 0.167. The molecule has 16 heavy (non-hydrogen) atoms. The van der Waals surface area contributed by atoms with Gasteiger partial charge in [0.25, 0.3) is 0 Å². The van der Waals surface area contributed by atoms with Crippen LogP contribution >= 0.6 is 11.6 Å². The molecule has 2 aromatic heterocycles. The minimum absolute atomic E-state index is 0.451. The zero-order chi connectivity index (χ0) is 11.4. The van der Waals surface area contributed by atoms with E-state index < -0.39 is 0 Å². The van der Waals surface area contributed by atoms with Crippen molar-refractivity contribution >= 4 is 11.6 Å². The van der Waals surface area contributed by atoms with Crippen LogP contribution in [0.5, 0.6) is 11.6 Å². The van der Waals surface area contributed by atoms with Gasteiger partial charge in [-0.2, -0.15) is 0 Å². The Morgan fingerprint density at radius 1 is 1.38 bits per heavy atom. The molecule has 0 bridgehead atoms. The molecule has 2 rings (SSSR count). The molecule has 0 aliphatic carbocycles. The van der Waals surface area contributed by atoms with Gasteiger partial charge in [0.15, 0.2) is 0 Å². The molecule has 0 N–H and O–H groups in total. The first-order valence-electron chi connectivity index (χ1n) is 4.89. The molecule has 0 aliphatic rings. The predicted octanol–water partition coefficient (Wildman–Crippen LogP) is 3.32. The fourth-order valence-corrected chi connectivity index (χ4v) is 1.52. The first-order chi connectivity index (χ1) is 7.78. The van der Waals surface area contributed by atoms with Crippen LogP contribution in [0.15, 0.2) is 36.7 Å². The van der Waals surface area contributed by atoms with Gasteiger partial charge < -0.3 is 4.74 Å². The average Bonchev–Trinajstić information content (AvgIpc) is 2.29. The second-order valence-electron chi connectivity index (χ2n) is 3.38. The molecule has 0 amide bonds. The molecule has 4 heteroatoms. The van der Waals surface area contributed by atoms with Crippen molar-refractivity contribution in [1.29, 1.82) is 0 Å². The largest absolute Gasteiger partial charge is 0.437 e. The van der Waals surface area contributed by atoms with Gasteiger partial charge in [-0.1, -0.05) is 0 Å². The number of hydrogen-bond donors (Lipinski definition) is 0. The lowest BCUT2D eigenvalue weighted by Gasteiger charge is -2.06. The van der Waals surface area contributed by atoms with E-state index in [4.69, 9.17) is 16.3 Å². The van der Waals surface area contributed by atoms with E-state index in [-0.39, 0.29) is 0 Å². The van der Waals surface area contributed by atoms with Gasteiger partial charge in [0.05, 0.1) is 6.20 Å². The molecule has 0 aromatic carbocycles. The number of alkyl halides is 1. The number of pyridine rings is 2. The Morgan fingerprint density at radius 2 is 2.25 bits per heavy atom. The Kier molecular flexibility index (Phi) is 3.37. The molecule has 82 valence electrons. The average molecular weight is 235 g/mol. The third-order valence-corrected chi connectivity index (χ3v) is 2.31. The highest BCUT2D eigenvalue weighted by Gasteiger charge is 2.02. The van der Waals surface area contributed by atoms with Gasteiger partial charge >= 0.3 is 0 Å². The van der Waals surface area contributed by atoms with E-state index in [1.54, 1.807) is 12.4 Å². The lowest BCUT2D eigenvalue weighted by Crippen LogP contribution is -1.92. The summed E-state index contributed by atoms with van der Waals surface area (Å²) in [6, 6.07) is 7.40. The van der Waals surface area contributed by atoms with Crippen LogP contribution in [0.2, 0.25) is 0 Å². The van der Waals surface area contributed by atoms with Gasteiger partial charge in [-0.05, 0) is 30.7 Å². The van der Waals surface area contributed by atoms with Crippen molar-refractivity contribution in [2.24, 2.45) is 0 Å². The monoisotopic (exact) mass is 234 g/mol. The molecular weight excluding hydrogens is 224 g/mol. The molecule has 0 saturated carbocycles. The summed E-state index contributed by atoms with van der Waals surface area (Å²) in [6.07, 6.45) is 3.34. The maximum atomic E-state index is 5.78. The minimum Gasteiger partial charge on any atom is -0.437 e. The number of aryl methyl sites for hydroxylation is 1. The Balaban J connectivity index is 2.24. The summed E-state index contributed by atoms with van der Waals surface area (Å²) in [7, 11) is 0. The van der Waals surface area contributed by atoms with Gasteiger partial charge in [-0.3, -0.25) is 4.98 Å². The molecule has 0 aliphatic heterocycles. The topological polar surface area (TPSA) is 35.0 Å². The van der Waals surface area contributed by atoms with Crippen molar-refractivity contribution in [3.8, 4) is 11.6 Å². The molecule has 0 spiro atoms. The maximum Gasteiger partial charge on any atom is 0.219 e. The van der Waals surface area contributed by atoms with Crippen LogP contribution in [0.3, 0.4) is 0 Å². The Morgan fingerprint density at radius 3 is 2.94 bits per heavy atom. The summed E-state index contributed by atoms with van der Waals surface area (Å²) in [5.74, 6) is 1.66. The predicted molar refractivity (Wildman–Crippen MR) is 62.8 cm³/mol. The quantitative estimate of drug-likeness (QED) is 0.765. The normalized spacial score (nSPS) is 10.1. The number of rotatable bonds is 3. The van der Waals surface area contributed by atoms with E-state index in [0.29, 0.717) is 17.5 Å². The Labute approximate surface area is 99.1 Å². The number of hydrogen-bond acceptors (Lipinski definition) is 3. The molecule has 0 unspecified atom stereocenters. The molecule has 3 nitrogen and oxygen atoms in total. The SMILES string of the molecule is Cc1cc(CCl)cc(Oc2cccnc2)n1.